The molecule has 4 heterocycles. The van der Waals surface area contributed by atoms with Gasteiger partial charge in [0, 0.05) is 18.4 Å². The van der Waals surface area contributed by atoms with E-state index < -0.39 is 20.4 Å². The molecule has 8 atom stereocenters. The van der Waals surface area contributed by atoms with Crippen LogP contribution in [0.5, 0.6) is 0 Å². The standard InChI is InChI=1S/C40H58O8Si/c1-26(2)49(27(3)4,28(5)6)43-24-31-19-20-32-35(48-40(7,8)47-32)21-34-33(44-31)22-36(41-23-29-15-11-9-12-16-29)38-37(45-34)25-42-39(46-38)30-17-13-10-14-18-30/h9-19,26-28,32-39H,20-25H2,1-8H3/b31-19-/t32-,33+,34-,35+,36+,37+,38-,39+/m0/s1. The summed E-state index contributed by atoms with van der Waals surface area (Å²) in [6, 6.07) is 20.4. The van der Waals surface area contributed by atoms with Crippen LogP contribution in [-0.4, -0.2) is 70.0 Å². The second-order valence-electron chi connectivity index (χ2n) is 15.6. The van der Waals surface area contributed by atoms with Gasteiger partial charge in [0.2, 0.25) is 8.32 Å². The van der Waals surface area contributed by atoms with E-state index in [9.17, 15) is 0 Å². The van der Waals surface area contributed by atoms with Crippen LogP contribution in [-0.2, 0) is 44.2 Å². The van der Waals surface area contributed by atoms with Gasteiger partial charge in [0.1, 0.15) is 24.1 Å². The Hall–Kier alpha value is -2.08. The van der Waals surface area contributed by atoms with Crippen LogP contribution in [0.1, 0.15) is 92.1 Å². The zero-order valence-corrected chi connectivity index (χ0v) is 31.7. The first kappa shape index (κ1) is 36.7. The van der Waals surface area contributed by atoms with Crippen LogP contribution in [0.3, 0.4) is 0 Å². The zero-order valence-electron chi connectivity index (χ0n) is 30.7. The van der Waals surface area contributed by atoms with Crippen molar-refractivity contribution in [2.24, 2.45) is 0 Å². The molecule has 0 unspecified atom stereocenters. The van der Waals surface area contributed by atoms with Gasteiger partial charge in [-0.25, -0.2) is 0 Å². The quantitative estimate of drug-likeness (QED) is 0.229. The predicted molar refractivity (Wildman–Crippen MR) is 191 cm³/mol. The third-order valence-corrected chi connectivity index (χ3v) is 16.9. The van der Waals surface area contributed by atoms with Gasteiger partial charge in [-0.2, -0.15) is 0 Å². The molecule has 0 radical (unpaired) electrons. The Bertz CT molecular complexity index is 1340. The molecule has 2 aromatic carbocycles. The molecule has 0 spiro atoms. The van der Waals surface area contributed by atoms with E-state index in [1.807, 2.05) is 62.4 Å². The van der Waals surface area contributed by atoms with E-state index in [2.05, 4.69) is 59.8 Å². The lowest BCUT2D eigenvalue weighted by Crippen LogP contribution is -2.49. The van der Waals surface area contributed by atoms with Crippen molar-refractivity contribution in [2.45, 2.75) is 153 Å². The van der Waals surface area contributed by atoms with Crippen LogP contribution in [0, 0.1) is 0 Å². The Balaban J connectivity index is 1.31. The van der Waals surface area contributed by atoms with Crippen molar-refractivity contribution >= 4 is 8.32 Å². The minimum atomic E-state index is -2.15. The highest BCUT2D eigenvalue weighted by atomic mass is 28.4. The number of benzene rings is 2. The topological polar surface area (TPSA) is 73.8 Å². The summed E-state index contributed by atoms with van der Waals surface area (Å²) in [6.45, 7) is 19.1. The number of rotatable bonds is 10. The van der Waals surface area contributed by atoms with E-state index in [1.165, 1.54) is 0 Å². The molecule has 4 aliphatic heterocycles. The predicted octanol–water partition coefficient (Wildman–Crippen LogP) is 8.62. The van der Waals surface area contributed by atoms with Crippen molar-refractivity contribution in [1.82, 2.24) is 0 Å². The maximum Gasteiger partial charge on any atom is 0.201 e. The summed E-state index contributed by atoms with van der Waals surface area (Å²) in [5, 5.41) is 0. The average molecular weight is 695 g/mol. The highest BCUT2D eigenvalue weighted by Crippen LogP contribution is 2.44. The van der Waals surface area contributed by atoms with Crippen molar-refractivity contribution in [3.05, 3.63) is 83.6 Å². The lowest BCUT2D eigenvalue weighted by Gasteiger charge is -2.42. The lowest BCUT2D eigenvalue weighted by atomic mass is 9.97. The molecule has 2 aromatic rings. The Morgan fingerprint density at radius 3 is 2.06 bits per heavy atom. The average Bonchev–Trinajstić information content (AvgIpc) is 3.31. The second-order valence-corrected chi connectivity index (χ2v) is 21.0. The Morgan fingerprint density at radius 1 is 0.735 bits per heavy atom. The molecule has 9 heteroatoms. The van der Waals surface area contributed by atoms with Gasteiger partial charge in [-0.15, -0.1) is 0 Å². The van der Waals surface area contributed by atoms with Crippen molar-refractivity contribution in [2.75, 3.05) is 13.2 Å². The fraction of sp³-hybridized carbons (Fsp3) is 0.650. The molecule has 4 aliphatic rings. The largest absolute Gasteiger partial charge is 0.490 e. The maximum absolute atomic E-state index is 7.10. The van der Waals surface area contributed by atoms with Crippen molar-refractivity contribution in [3.8, 4) is 0 Å². The third kappa shape index (κ3) is 8.36. The zero-order chi connectivity index (χ0) is 34.8. The summed E-state index contributed by atoms with van der Waals surface area (Å²) in [4.78, 5) is 0. The van der Waals surface area contributed by atoms with E-state index in [1.54, 1.807) is 0 Å². The maximum atomic E-state index is 7.10. The molecular weight excluding hydrogens is 637 g/mol. The second kappa shape index (κ2) is 15.7. The first-order valence-electron chi connectivity index (χ1n) is 18.4. The first-order valence-corrected chi connectivity index (χ1v) is 20.6. The van der Waals surface area contributed by atoms with Gasteiger partial charge >= 0.3 is 0 Å². The fourth-order valence-electron chi connectivity index (χ4n) is 8.69. The van der Waals surface area contributed by atoms with Crippen LogP contribution in [0.2, 0.25) is 16.6 Å². The van der Waals surface area contributed by atoms with Crippen molar-refractivity contribution in [1.29, 1.82) is 0 Å². The van der Waals surface area contributed by atoms with Gasteiger partial charge in [-0.1, -0.05) is 102 Å². The van der Waals surface area contributed by atoms with Gasteiger partial charge in [-0.05, 0) is 48.5 Å². The van der Waals surface area contributed by atoms with Gasteiger partial charge < -0.3 is 37.6 Å². The summed E-state index contributed by atoms with van der Waals surface area (Å²) >= 11 is 0. The van der Waals surface area contributed by atoms with Gasteiger partial charge in [-0.3, -0.25) is 0 Å². The summed E-state index contributed by atoms with van der Waals surface area (Å²) in [5.41, 5.74) is 3.47. The molecular formula is C40H58O8Si. The molecule has 0 aromatic heterocycles. The van der Waals surface area contributed by atoms with E-state index in [-0.39, 0.29) is 42.7 Å². The SMILES string of the molecule is CC(C)[Si](OC/C1=C/C[C@@H]2OC(C)(C)O[C@@H]2C[C@@H]2O[C@@H]3CO[C@@H](c4ccccc4)O[C@H]3[C@H](OCc3ccccc3)C[C@H]2O1)(C(C)C)C(C)C. The van der Waals surface area contributed by atoms with Crippen molar-refractivity contribution in [3.63, 3.8) is 0 Å². The van der Waals surface area contributed by atoms with E-state index in [0.29, 0.717) is 55.7 Å². The normalized spacial score (nSPS) is 32.9. The molecule has 0 aliphatic carbocycles. The molecule has 0 N–H and O–H groups in total. The molecule has 8 nitrogen and oxygen atoms in total. The summed E-state index contributed by atoms with van der Waals surface area (Å²) < 4.78 is 54.0. The minimum absolute atomic E-state index is 0.122. The monoisotopic (exact) mass is 694 g/mol. The Kier molecular flexibility index (Phi) is 11.7. The summed E-state index contributed by atoms with van der Waals surface area (Å²) in [5.74, 6) is 0.149. The number of hydrogen-bond acceptors (Lipinski definition) is 8. The van der Waals surface area contributed by atoms with E-state index in [4.69, 9.17) is 37.6 Å². The number of ether oxygens (including phenoxy) is 7. The summed E-state index contributed by atoms with van der Waals surface area (Å²) in [6.07, 6.45) is 1.65. The van der Waals surface area contributed by atoms with Gasteiger partial charge in [0.25, 0.3) is 0 Å². The van der Waals surface area contributed by atoms with Crippen LogP contribution in [0.25, 0.3) is 0 Å². The highest BCUT2D eigenvalue weighted by Gasteiger charge is 2.51. The number of hydrogen-bond donors (Lipinski definition) is 0. The highest BCUT2D eigenvalue weighted by molar-refractivity contribution is 6.77. The van der Waals surface area contributed by atoms with E-state index >= 15 is 0 Å². The first-order chi connectivity index (χ1) is 23.4. The van der Waals surface area contributed by atoms with Crippen molar-refractivity contribution < 1.29 is 37.6 Å². The Morgan fingerprint density at radius 2 is 1.39 bits per heavy atom. The molecule has 6 rings (SSSR count). The molecule has 0 bridgehead atoms. The fourth-order valence-corrected chi connectivity index (χ4v) is 14.1. The van der Waals surface area contributed by atoms with Crippen LogP contribution in [0.15, 0.2) is 72.5 Å². The minimum Gasteiger partial charge on any atom is -0.490 e. The van der Waals surface area contributed by atoms with Crippen LogP contribution < -0.4 is 0 Å². The number of fused-ring (bicyclic) bond motifs is 3. The lowest BCUT2D eigenvalue weighted by molar-refractivity contribution is -0.289. The third-order valence-electron chi connectivity index (χ3n) is 10.8. The van der Waals surface area contributed by atoms with Crippen LogP contribution in [0.4, 0.5) is 0 Å². The molecule has 3 saturated heterocycles. The molecule has 49 heavy (non-hydrogen) atoms. The van der Waals surface area contributed by atoms with E-state index in [0.717, 1.165) is 16.9 Å². The molecule has 3 fully saturated rings. The summed E-state index contributed by atoms with van der Waals surface area (Å²) in [7, 11) is -2.15. The van der Waals surface area contributed by atoms with Crippen LogP contribution >= 0.6 is 0 Å². The molecule has 270 valence electrons. The molecule has 0 saturated carbocycles. The van der Waals surface area contributed by atoms with Gasteiger partial charge in [0.15, 0.2) is 12.1 Å². The van der Waals surface area contributed by atoms with Gasteiger partial charge in [0.05, 0.1) is 44.2 Å². The smallest absolute Gasteiger partial charge is 0.201 e. The Labute approximate surface area is 294 Å². The molecule has 0 amide bonds.